The van der Waals surface area contributed by atoms with Crippen LogP contribution in [0.25, 0.3) is 16.9 Å². The van der Waals surface area contributed by atoms with Crippen molar-refractivity contribution in [1.82, 2.24) is 15.0 Å². The zero-order valence-corrected chi connectivity index (χ0v) is 11.4. The van der Waals surface area contributed by atoms with E-state index in [1.54, 1.807) is 36.4 Å². The molecule has 0 saturated heterocycles. The summed E-state index contributed by atoms with van der Waals surface area (Å²) in [6.07, 6.45) is 0. The van der Waals surface area contributed by atoms with Crippen molar-refractivity contribution in [1.29, 1.82) is 5.26 Å². The van der Waals surface area contributed by atoms with Crippen LogP contribution in [-0.2, 0) is 0 Å². The minimum Gasteiger partial charge on any atom is -0.211 e. The van der Waals surface area contributed by atoms with E-state index in [0.717, 1.165) is 0 Å². The maximum atomic E-state index is 13.4. The molecule has 0 fully saturated rings. The molecule has 0 aliphatic rings. The van der Waals surface area contributed by atoms with E-state index in [2.05, 4.69) is 10.3 Å². The predicted molar refractivity (Wildman–Crippen MR) is 76.5 cm³/mol. The largest absolute Gasteiger partial charge is 0.211 e. The smallest absolute Gasteiger partial charge is 0.191 e. The van der Waals surface area contributed by atoms with E-state index >= 15 is 0 Å². The molecule has 0 saturated carbocycles. The predicted octanol–water partition coefficient (Wildman–Crippen LogP) is 3.60. The Hall–Kier alpha value is -2.71. The van der Waals surface area contributed by atoms with Crippen LogP contribution in [0.3, 0.4) is 0 Å². The normalized spacial score (nSPS) is 10.3. The summed E-state index contributed by atoms with van der Waals surface area (Å²) >= 11 is 5.99. The van der Waals surface area contributed by atoms with E-state index < -0.39 is 5.82 Å². The summed E-state index contributed by atoms with van der Waals surface area (Å²) in [5, 5.41) is 17.5. The lowest BCUT2D eigenvalue weighted by Gasteiger charge is -2.07. The second-order valence-corrected chi connectivity index (χ2v) is 4.74. The van der Waals surface area contributed by atoms with Gasteiger partial charge < -0.3 is 0 Å². The zero-order chi connectivity index (χ0) is 14.8. The van der Waals surface area contributed by atoms with Crippen LogP contribution in [0.1, 0.15) is 5.69 Å². The number of hydrogen-bond donors (Lipinski definition) is 0. The lowest BCUT2D eigenvalue weighted by molar-refractivity contribution is 0.625. The van der Waals surface area contributed by atoms with Crippen molar-refractivity contribution >= 4 is 11.6 Å². The van der Waals surface area contributed by atoms with Crippen LogP contribution in [-0.4, -0.2) is 15.0 Å². The van der Waals surface area contributed by atoms with Crippen LogP contribution in [0.4, 0.5) is 4.39 Å². The summed E-state index contributed by atoms with van der Waals surface area (Å²) in [5.74, 6) is -0.390. The molecule has 0 N–H and O–H groups in total. The van der Waals surface area contributed by atoms with E-state index in [1.807, 2.05) is 6.07 Å². The Balaban J connectivity index is 2.25. The van der Waals surface area contributed by atoms with E-state index in [9.17, 15) is 9.65 Å². The Morgan fingerprint density at radius 1 is 1.14 bits per heavy atom. The maximum absolute atomic E-state index is 13.4. The van der Waals surface area contributed by atoms with Crippen molar-refractivity contribution in [2.45, 2.75) is 0 Å². The third-order valence-electron chi connectivity index (χ3n) is 2.93. The fourth-order valence-corrected chi connectivity index (χ4v) is 2.23. The van der Waals surface area contributed by atoms with Crippen molar-refractivity contribution in [2.24, 2.45) is 0 Å². The highest BCUT2D eigenvalue weighted by molar-refractivity contribution is 6.30. The van der Waals surface area contributed by atoms with Crippen LogP contribution in [0, 0.1) is 17.1 Å². The summed E-state index contributed by atoms with van der Waals surface area (Å²) in [6, 6.07) is 14.9. The van der Waals surface area contributed by atoms with Crippen molar-refractivity contribution < 1.29 is 4.39 Å². The Bertz CT molecular complexity index is 851. The van der Waals surface area contributed by atoms with Crippen molar-refractivity contribution in [3.63, 3.8) is 0 Å². The van der Waals surface area contributed by atoms with Gasteiger partial charge in [0.15, 0.2) is 5.69 Å². The molecule has 0 spiro atoms. The molecular formula is C15H8ClFN4. The molecular weight excluding hydrogens is 291 g/mol. The Morgan fingerprint density at radius 2 is 1.95 bits per heavy atom. The van der Waals surface area contributed by atoms with Crippen LogP contribution in [0.5, 0.6) is 0 Å². The molecule has 102 valence electrons. The third-order valence-corrected chi connectivity index (χ3v) is 3.16. The van der Waals surface area contributed by atoms with Gasteiger partial charge in [0.2, 0.25) is 0 Å². The lowest BCUT2D eigenvalue weighted by atomic mass is 10.1. The number of rotatable bonds is 2. The number of halogens is 2. The quantitative estimate of drug-likeness (QED) is 0.726. The Labute approximate surface area is 125 Å². The van der Waals surface area contributed by atoms with Gasteiger partial charge in [0.25, 0.3) is 0 Å². The van der Waals surface area contributed by atoms with Crippen LogP contribution in [0.15, 0.2) is 48.5 Å². The highest BCUT2D eigenvalue weighted by atomic mass is 35.5. The van der Waals surface area contributed by atoms with Gasteiger partial charge in [-0.3, -0.25) is 0 Å². The first kappa shape index (κ1) is 13.3. The van der Waals surface area contributed by atoms with Gasteiger partial charge in [0.05, 0.1) is 5.69 Å². The first-order valence-corrected chi connectivity index (χ1v) is 6.44. The Kier molecular flexibility index (Phi) is 3.38. The van der Waals surface area contributed by atoms with Gasteiger partial charge in [-0.15, -0.1) is 5.10 Å². The van der Waals surface area contributed by atoms with Gasteiger partial charge in [0, 0.05) is 10.6 Å². The van der Waals surface area contributed by atoms with Crippen molar-refractivity contribution in [2.75, 3.05) is 0 Å². The summed E-state index contributed by atoms with van der Waals surface area (Å²) in [4.78, 5) is 0. The molecule has 0 amide bonds. The van der Waals surface area contributed by atoms with Crippen LogP contribution in [0.2, 0.25) is 5.02 Å². The fraction of sp³-hybridized carbons (Fsp3) is 0. The van der Waals surface area contributed by atoms with Gasteiger partial charge in [-0.25, -0.2) is 9.07 Å². The highest BCUT2D eigenvalue weighted by Gasteiger charge is 2.16. The topological polar surface area (TPSA) is 54.5 Å². The fourth-order valence-electron chi connectivity index (χ4n) is 2.04. The minimum absolute atomic E-state index is 0.154. The number of hydrogen-bond acceptors (Lipinski definition) is 3. The molecule has 1 aromatic heterocycles. The first-order chi connectivity index (χ1) is 10.2. The maximum Gasteiger partial charge on any atom is 0.191 e. The van der Waals surface area contributed by atoms with Gasteiger partial charge in [0.1, 0.15) is 17.6 Å². The zero-order valence-electron chi connectivity index (χ0n) is 10.7. The van der Waals surface area contributed by atoms with Crippen molar-refractivity contribution in [3.8, 4) is 23.0 Å². The molecule has 3 aromatic rings. The molecule has 1 heterocycles. The van der Waals surface area contributed by atoms with E-state index in [4.69, 9.17) is 11.6 Å². The summed E-state index contributed by atoms with van der Waals surface area (Å²) in [5.41, 5.74) is 1.81. The second-order valence-electron chi connectivity index (χ2n) is 4.30. The first-order valence-electron chi connectivity index (χ1n) is 6.07. The molecule has 0 aliphatic carbocycles. The monoisotopic (exact) mass is 298 g/mol. The standard InChI is InChI=1S/C15H8ClFN4/c16-11-4-1-3-10(7-11)15-14(9-18)19-20-21(15)13-6-2-5-12(17)8-13/h1-8H. The van der Waals surface area contributed by atoms with Crippen molar-refractivity contribution in [3.05, 3.63) is 65.1 Å². The lowest BCUT2D eigenvalue weighted by Crippen LogP contribution is -2.00. The van der Waals surface area contributed by atoms with Crippen LogP contribution < -0.4 is 0 Å². The molecule has 0 unspecified atom stereocenters. The van der Waals surface area contributed by atoms with Gasteiger partial charge in [-0.05, 0) is 30.3 Å². The van der Waals surface area contributed by atoms with Crippen LogP contribution >= 0.6 is 11.6 Å². The number of nitrogens with zero attached hydrogens (tertiary/aromatic N) is 4. The number of nitriles is 1. The molecule has 0 bridgehead atoms. The van der Waals surface area contributed by atoms with E-state index in [0.29, 0.717) is 22.0 Å². The number of benzene rings is 2. The highest BCUT2D eigenvalue weighted by Crippen LogP contribution is 2.27. The van der Waals surface area contributed by atoms with E-state index in [-0.39, 0.29) is 5.69 Å². The molecule has 3 rings (SSSR count). The molecule has 0 radical (unpaired) electrons. The summed E-state index contributed by atoms with van der Waals surface area (Å²) in [7, 11) is 0. The molecule has 21 heavy (non-hydrogen) atoms. The molecule has 4 nitrogen and oxygen atoms in total. The average Bonchev–Trinajstić information content (AvgIpc) is 2.91. The second kappa shape index (κ2) is 5.35. The minimum atomic E-state index is -0.390. The number of aromatic nitrogens is 3. The SMILES string of the molecule is N#Cc1nnn(-c2cccc(F)c2)c1-c1cccc(Cl)c1. The molecule has 0 atom stereocenters. The van der Waals surface area contributed by atoms with Gasteiger partial charge in [-0.2, -0.15) is 5.26 Å². The molecule has 2 aromatic carbocycles. The summed E-state index contributed by atoms with van der Waals surface area (Å²) in [6.45, 7) is 0. The third kappa shape index (κ3) is 2.49. The van der Waals surface area contributed by atoms with Gasteiger partial charge in [-0.1, -0.05) is 35.0 Å². The molecule has 6 heteroatoms. The summed E-state index contributed by atoms with van der Waals surface area (Å²) < 4.78 is 14.8. The Morgan fingerprint density at radius 3 is 2.67 bits per heavy atom. The molecule has 0 aliphatic heterocycles. The van der Waals surface area contributed by atoms with Gasteiger partial charge >= 0.3 is 0 Å². The average molecular weight is 299 g/mol. The van der Waals surface area contributed by atoms with E-state index in [1.165, 1.54) is 16.8 Å².